The van der Waals surface area contributed by atoms with Gasteiger partial charge < -0.3 is 20.5 Å². The van der Waals surface area contributed by atoms with E-state index in [1.807, 2.05) is 18.2 Å². The normalized spacial score (nSPS) is 14.1. The van der Waals surface area contributed by atoms with Gasteiger partial charge >= 0.3 is 0 Å². The van der Waals surface area contributed by atoms with Gasteiger partial charge in [0.05, 0.1) is 19.8 Å². The van der Waals surface area contributed by atoms with Crippen LogP contribution in [0.5, 0.6) is 11.5 Å². The first-order valence-electron chi connectivity index (χ1n) is 8.26. The first kappa shape index (κ1) is 17.5. The van der Waals surface area contributed by atoms with Crippen LogP contribution in [-0.2, 0) is 6.54 Å². The highest BCUT2D eigenvalue weighted by atomic mass is 32.2. The Balaban J connectivity index is 1.69. The number of ether oxygens (including phenoxy) is 2. The predicted octanol–water partition coefficient (Wildman–Crippen LogP) is 3.81. The van der Waals surface area contributed by atoms with Gasteiger partial charge in [-0.3, -0.25) is 0 Å². The van der Waals surface area contributed by atoms with E-state index < -0.39 is 0 Å². The van der Waals surface area contributed by atoms with E-state index in [1.165, 1.54) is 16.0 Å². The maximum Gasteiger partial charge on any atom is 0.193 e. The highest BCUT2D eigenvalue weighted by Gasteiger charge is 2.11. The van der Waals surface area contributed by atoms with E-state index in [0.717, 1.165) is 23.6 Å². The molecule has 1 heterocycles. The number of nitrogens with two attached hydrogens (primary N) is 1. The van der Waals surface area contributed by atoms with Gasteiger partial charge in [0.2, 0.25) is 0 Å². The summed E-state index contributed by atoms with van der Waals surface area (Å²) in [7, 11) is 0. The number of rotatable bonds is 4. The molecule has 0 bridgehead atoms. The van der Waals surface area contributed by atoms with Crippen molar-refractivity contribution in [2.45, 2.75) is 24.8 Å². The van der Waals surface area contributed by atoms with Crippen LogP contribution in [-0.4, -0.2) is 25.4 Å². The fraction of sp³-hybridized carbons (Fsp3) is 0.316. The molecule has 132 valence electrons. The lowest BCUT2D eigenvalue weighted by Gasteiger charge is -2.11. The van der Waals surface area contributed by atoms with Gasteiger partial charge in [0.1, 0.15) is 0 Å². The van der Waals surface area contributed by atoms with Crippen LogP contribution >= 0.6 is 11.8 Å². The van der Waals surface area contributed by atoms with E-state index in [-0.39, 0.29) is 0 Å². The minimum atomic E-state index is 0.377. The van der Waals surface area contributed by atoms with Gasteiger partial charge in [-0.25, -0.2) is 4.99 Å². The number of benzene rings is 2. The fourth-order valence-electron chi connectivity index (χ4n) is 2.58. The van der Waals surface area contributed by atoms with E-state index >= 15 is 0 Å². The molecule has 2 aromatic carbocycles. The second-order valence-electron chi connectivity index (χ2n) is 5.85. The minimum Gasteiger partial charge on any atom is -0.490 e. The molecular formula is C19H23N3O2S. The monoisotopic (exact) mass is 357 g/mol. The van der Waals surface area contributed by atoms with Crippen LogP contribution < -0.4 is 20.5 Å². The number of hydrogen-bond donors (Lipinski definition) is 2. The number of nitrogens with one attached hydrogen (secondary N) is 1. The summed E-state index contributed by atoms with van der Waals surface area (Å²) < 4.78 is 11.3. The highest BCUT2D eigenvalue weighted by Crippen LogP contribution is 2.32. The Kier molecular flexibility index (Phi) is 5.71. The summed E-state index contributed by atoms with van der Waals surface area (Å²) in [6.45, 7) is 3.97. The Morgan fingerprint density at radius 2 is 1.96 bits per heavy atom. The first-order chi connectivity index (χ1) is 12.2. The fourth-order valence-corrected chi connectivity index (χ4v) is 3.28. The number of thioether (sulfide) groups is 1. The molecule has 0 amide bonds. The molecule has 0 saturated heterocycles. The van der Waals surface area contributed by atoms with E-state index in [9.17, 15) is 0 Å². The molecule has 0 saturated carbocycles. The average Bonchev–Trinajstić information content (AvgIpc) is 2.85. The molecule has 0 spiro atoms. The van der Waals surface area contributed by atoms with Crippen LogP contribution in [0.1, 0.15) is 17.5 Å². The molecular weight excluding hydrogens is 334 g/mol. The second kappa shape index (κ2) is 8.16. The van der Waals surface area contributed by atoms with Crippen LogP contribution in [0.4, 0.5) is 5.69 Å². The Hall–Kier alpha value is -2.34. The Bertz CT molecular complexity index is 777. The third kappa shape index (κ3) is 4.60. The SMILES string of the molecule is CSc1cc(C)ccc1CN=C(N)Nc1ccc2c(c1)OCCCO2. The Morgan fingerprint density at radius 3 is 2.76 bits per heavy atom. The predicted molar refractivity (Wildman–Crippen MR) is 104 cm³/mol. The molecule has 2 aromatic rings. The van der Waals surface area contributed by atoms with Gasteiger partial charge in [-0.15, -0.1) is 11.8 Å². The van der Waals surface area contributed by atoms with Crippen molar-refractivity contribution in [3.05, 3.63) is 47.5 Å². The number of hydrogen-bond acceptors (Lipinski definition) is 4. The second-order valence-corrected chi connectivity index (χ2v) is 6.70. The molecule has 1 aliphatic rings. The van der Waals surface area contributed by atoms with Gasteiger partial charge in [0.15, 0.2) is 17.5 Å². The molecule has 1 aliphatic heterocycles. The van der Waals surface area contributed by atoms with Crippen LogP contribution in [0.25, 0.3) is 0 Å². The molecule has 25 heavy (non-hydrogen) atoms. The molecule has 5 nitrogen and oxygen atoms in total. The van der Waals surface area contributed by atoms with Crippen LogP contribution in [0.3, 0.4) is 0 Å². The molecule has 3 rings (SSSR count). The number of fused-ring (bicyclic) bond motifs is 1. The maximum atomic E-state index is 6.04. The zero-order valence-electron chi connectivity index (χ0n) is 14.5. The lowest BCUT2D eigenvalue weighted by molar-refractivity contribution is 0.297. The van der Waals surface area contributed by atoms with E-state index in [2.05, 4.69) is 41.7 Å². The molecule has 0 aliphatic carbocycles. The Morgan fingerprint density at radius 1 is 1.16 bits per heavy atom. The van der Waals surface area contributed by atoms with Gasteiger partial charge in [-0.05, 0) is 42.5 Å². The zero-order chi connectivity index (χ0) is 17.6. The summed E-state index contributed by atoms with van der Waals surface area (Å²) in [5.41, 5.74) is 9.29. The van der Waals surface area contributed by atoms with E-state index in [0.29, 0.717) is 25.7 Å². The molecule has 0 radical (unpaired) electrons. The van der Waals surface area contributed by atoms with Crippen molar-refractivity contribution >= 4 is 23.4 Å². The molecule has 0 fully saturated rings. The summed E-state index contributed by atoms with van der Waals surface area (Å²) in [6.07, 6.45) is 2.96. The van der Waals surface area contributed by atoms with E-state index in [4.69, 9.17) is 15.2 Å². The minimum absolute atomic E-state index is 0.377. The molecule has 0 unspecified atom stereocenters. The van der Waals surface area contributed by atoms with Crippen molar-refractivity contribution in [1.82, 2.24) is 0 Å². The first-order valence-corrected chi connectivity index (χ1v) is 9.48. The summed E-state index contributed by atoms with van der Waals surface area (Å²) >= 11 is 1.72. The quantitative estimate of drug-likeness (QED) is 0.495. The van der Waals surface area contributed by atoms with Crippen molar-refractivity contribution in [2.24, 2.45) is 10.7 Å². The van der Waals surface area contributed by atoms with Crippen LogP contribution in [0.15, 0.2) is 46.3 Å². The molecule has 3 N–H and O–H groups in total. The largest absolute Gasteiger partial charge is 0.490 e. The number of anilines is 1. The Labute approximate surface area is 152 Å². The van der Waals surface area contributed by atoms with Crippen LogP contribution in [0.2, 0.25) is 0 Å². The smallest absolute Gasteiger partial charge is 0.193 e. The van der Waals surface area contributed by atoms with Gasteiger partial charge in [-0.1, -0.05) is 12.1 Å². The lowest BCUT2D eigenvalue weighted by Crippen LogP contribution is -2.22. The summed E-state index contributed by atoms with van der Waals surface area (Å²) in [5, 5.41) is 3.12. The van der Waals surface area contributed by atoms with Crippen molar-refractivity contribution in [1.29, 1.82) is 0 Å². The maximum absolute atomic E-state index is 6.04. The standard InChI is InChI=1S/C19H23N3O2S/c1-13-4-5-14(18(10-13)25-2)12-21-19(20)22-15-6-7-16-17(11-15)24-9-3-8-23-16/h4-7,10-11H,3,8-9,12H2,1-2H3,(H3,20,21,22). The van der Waals surface area contributed by atoms with Gasteiger partial charge in [0, 0.05) is 23.1 Å². The summed E-state index contributed by atoms with van der Waals surface area (Å²) in [6, 6.07) is 12.1. The number of aliphatic imine (C=N–C) groups is 1. The van der Waals surface area contributed by atoms with Crippen molar-refractivity contribution in [3.8, 4) is 11.5 Å². The average molecular weight is 357 g/mol. The van der Waals surface area contributed by atoms with E-state index in [1.54, 1.807) is 11.8 Å². The highest BCUT2D eigenvalue weighted by molar-refractivity contribution is 7.98. The third-order valence-electron chi connectivity index (χ3n) is 3.88. The lowest BCUT2D eigenvalue weighted by atomic mass is 10.1. The molecule has 6 heteroatoms. The van der Waals surface area contributed by atoms with Gasteiger partial charge in [0.25, 0.3) is 0 Å². The third-order valence-corrected chi connectivity index (χ3v) is 4.70. The van der Waals surface area contributed by atoms with Gasteiger partial charge in [-0.2, -0.15) is 0 Å². The number of aryl methyl sites for hydroxylation is 1. The number of nitrogens with zero attached hydrogens (tertiary/aromatic N) is 1. The van der Waals surface area contributed by atoms with Crippen molar-refractivity contribution in [2.75, 3.05) is 24.8 Å². The summed E-state index contributed by atoms with van der Waals surface area (Å²) in [5.74, 6) is 1.88. The topological polar surface area (TPSA) is 68.9 Å². The zero-order valence-corrected chi connectivity index (χ0v) is 15.4. The summed E-state index contributed by atoms with van der Waals surface area (Å²) in [4.78, 5) is 5.69. The van der Waals surface area contributed by atoms with Crippen molar-refractivity contribution < 1.29 is 9.47 Å². The number of guanidine groups is 1. The molecule has 0 atom stereocenters. The van der Waals surface area contributed by atoms with Crippen molar-refractivity contribution in [3.63, 3.8) is 0 Å². The van der Waals surface area contributed by atoms with Crippen LogP contribution in [0, 0.1) is 6.92 Å². The molecule has 0 aromatic heterocycles.